The third kappa shape index (κ3) is 2.67. The van der Waals surface area contributed by atoms with E-state index >= 15 is 0 Å². The van der Waals surface area contributed by atoms with Gasteiger partial charge in [0.15, 0.2) is 0 Å². The number of likely N-dealkylation sites (tertiary alicyclic amines) is 1. The van der Waals surface area contributed by atoms with Crippen LogP contribution in [0.15, 0.2) is 41.8 Å². The van der Waals surface area contributed by atoms with E-state index in [1.165, 1.54) is 22.5 Å². The van der Waals surface area contributed by atoms with Crippen molar-refractivity contribution in [1.29, 1.82) is 0 Å². The summed E-state index contributed by atoms with van der Waals surface area (Å²) in [4.78, 5) is 3.76. The zero-order valence-electron chi connectivity index (χ0n) is 11.5. The minimum absolute atomic E-state index is 0.557. The van der Waals surface area contributed by atoms with E-state index in [1.54, 1.807) is 11.3 Å². The molecule has 1 aliphatic heterocycles. The minimum Gasteiger partial charge on any atom is -0.380 e. The predicted molar refractivity (Wildman–Crippen MR) is 83.9 cm³/mol. The second kappa shape index (κ2) is 5.35. The van der Waals surface area contributed by atoms with Crippen molar-refractivity contribution in [2.75, 3.05) is 18.9 Å². The van der Waals surface area contributed by atoms with Crippen LogP contribution in [0.3, 0.4) is 0 Å². The summed E-state index contributed by atoms with van der Waals surface area (Å²) < 4.78 is 0. The highest BCUT2D eigenvalue weighted by Gasteiger charge is 2.26. The number of hydrogen-bond donors (Lipinski definition) is 1. The third-order valence-corrected chi connectivity index (χ3v) is 4.86. The molecule has 1 aromatic heterocycles. The zero-order chi connectivity index (χ0) is 13.2. The second-order valence-electron chi connectivity index (χ2n) is 5.39. The van der Waals surface area contributed by atoms with Crippen LogP contribution >= 0.6 is 11.3 Å². The van der Waals surface area contributed by atoms with Crippen LogP contribution in [0.25, 0.3) is 10.4 Å². The number of hydrogen-bond acceptors (Lipinski definition) is 3. The van der Waals surface area contributed by atoms with Gasteiger partial charge >= 0.3 is 0 Å². The van der Waals surface area contributed by atoms with Crippen LogP contribution in [0.5, 0.6) is 0 Å². The molecular formula is C16H20N2S. The Hall–Kier alpha value is -1.32. The van der Waals surface area contributed by atoms with Crippen molar-refractivity contribution in [1.82, 2.24) is 4.90 Å². The van der Waals surface area contributed by atoms with Gasteiger partial charge in [0.25, 0.3) is 0 Å². The fourth-order valence-corrected chi connectivity index (χ4v) is 3.54. The van der Waals surface area contributed by atoms with E-state index < -0.39 is 0 Å². The predicted octanol–water partition coefficient (Wildman–Crippen LogP) is 3.92. The molecule has 0 spiro atoms. The van der Waals surface area contributed by atoms with E-state index in [-0.39, 0.29) is 0 Å². The van der Waals surface area contributed by atoms with Crippen molar-refractivity contribution in [3.05, 3.63) is 41.8 Å². The molecule has 100 valence electrons. The van der Waals surface area contributed by atoms with Crippen LogP contribution in [0.1, 0.15) is 13.3 Å². The standard InChI is InChI=1S/C16H20N2S/c1-12-10-13(11-18(12)2)17-15-7-4-3-6-14(15)16-8-5-9-19-16/h3-9,12-13,17H,10-11H2,1-2H3. The molecule has 2 atom stereocenters. The SMILES string of the molecule is CC1CC(Nc2ccccc2-c2cccs2)CN1C. The highest BCUT2D eigenvalue weighted by molar-refractivity contribution is 7.13. The van der Waals surface area contributed by atoms with Gasteiger partial charge in [0, 0.05) is 34.8 Å². The van der Waals surface area contributed by atoms with Crippen LogP contribution < -0.4 is 5.32 Å². The van der Waals surface area contributed by atoms with Crippen molar-refractivity contribution < 1.29 is 0 Å². The average molecular weight is 272 g/mol. The molecule has 1 saturated heterocycles. The van der Waals surface area contributed by atoms with Gasteiger partial charge in [-0.1, -0.05) is 24.3 Å². The molecule has 2 aromatic rings. The number of nitrogens with zero attached hydrogens (tertiary/aromatic N) is 1. The van der Waals surface area contributed by atoms with E-state index in [0.29, 0.717) is 12.1 Å². The molecule has 2 nitrogen and oxygen atoms in total. The van der Waals surface area contributed by atoms with Crippen LogP contribution in [0.4, 0.5) is 5.69 Å². The second-order valence-corrected chi connectivity index (χ2v) is 6.34. The molecule has 3 rings (SSSR count). The minimum atomic E-state index is 0.557. The third-order valence-electron chi connectivity index (χ3n) is 3.96. The molecule has 1 aliphatic rings. The first kappa shape index (κ1) is 12.7. The Morgan fingerprint density at radius 1 is 1.21 bits per heavy atom. The van der Waals surface area contributed by atoms with Gasteiger partial charge in [-0.15, -0.1) is 11.3 Å². The lowest BCUT2D eigenvalue weighted by molar-refractivity contribution is 0.330. The first-order valence-electron chi connectivity index (χ1n) is 6.83. The summed E-state index contributed by atoms with van der Waals surface area (Å²) >= 11 is 1.80. The van der Waals surface area contributed by atoms with Gasteiger partial charge in [-0.2, -0.15) is 0 Å². The molecule has 19 heavy (non-hydrogen) atoms. The lowest BCUT2D eigenvalue weighted by Crippen LogP contribution is -2.25. The summed E-state index contributed by atoms with van der Waals surface area (Å²) in [6, 6.07) is 14.2. The Morgan fingerprint density at radius 3 is 2.74 bits per heavy atom. The Labute approximate surface area is 119 Å². The summed E-state index contributed by atoms with van der Waals surface area (Å²) in [6.45, 7) is 3.42. The maximum absolute atomic E-state index is 3.72. The van der Waals surface area contributed by atoms with Crippen molar-refractivity contribution in [3.63, 3.8) is 0 Å². The molecule has 0 amide bonds. The van der Waals surface area contributed by atoms with Gasteiger partial charge in [0.2, 0.25) is 0 Å². The molecule has 0 radical (unpaired) electrons. The largest absolute Gasteiger partial charge is 0.380 e. The van der Waals surface area contributed by atoms with Crippen molar-refractivity contribution in [2.24, 2.45) is 0 Å². The van der Waals surface area contributed by atoms with Gasteiger partial charge in [-0.3, -0.25) is 0 Å². The Morgan fingerprint density at radius 2 is 2.05 bits per heavy atom. The van der Waals surface area contributed by atoms with E-state index in [0.717, 1.165) is 6.54 Å². The number of thiophene rings is 1. The highest BCUT2D eigenvalue weighted by atomic mass is 32.1. The zero-order valence-corrected chi connectivity index (χ0v) is 12.3. The van der Waals surface area contributed by atoms with Crippen LogP contribution in [-0.4, -0.2) is 30.6 Å². The number of anilines is 1. The van der Waals surface area contributed by atoms with E-state index in [2.05, 4.69) is 66.0 Å². The summed E-state index contributed by atoms with van der Waals surface area (Å²) in [6.07, 6.45) is 1.22. The molecule has 0 saturated carbocycles. The van der Waals surface area contributed by atoms with Gasteiger partial charge < -0.3 is 10.2 Å². The first-order valence-corrected chi connectivity index (χ1v) is 7.71. The molecule has 3 heteroatoms. The van der Waals surface area contributed by atoms with Crippen LogP contribution in [-0.2, 0) is 0 Å². The Kier molecular flexibility index (Phi) is 3.58. The summed E-state index contributed by atoms with van der Waals surface area (Å²) in [7, 11) is 2.21. The lowest BCUT2D eigenvalue weighted by atomic mass is 10.1. The van der Waals surface area contributed by atoms with Crippen molar-refractivity contribution >= 4 is 17.0 Å². The molecule has 1 N–H and O–H groups in total. The molecule has 2 heterocycles. The smallest absolute Gasteiger partial charge is 0.0430 e. The van der Waals surface area contributed by atoms with Crippen LogP contribution in [0, 0.1) is 0 Å². The number of benzene rings is 1. The molecule has 2 unspecified atom stereocenters. The van der Waals surface area contributed by atoms with Crippen molar-refractivity contribution in [3.8, 4) is 10.4 Å². The van der Waals surface area contributed by atoms with Gasteiger partial charge in [0.1, 0.15) is 0 Å². The maximum Gasteiger partial charge on any atom is 0.0430 e. The molecule has 0 bridgehead atoms. The number of rotatable bonds is 3. The molecule has 1 aromatic carbocycles. The number of para-hydroxylation sites is 1. The quantitative estimate of drug-likeness (QED) is 0.911. The Bertz CT molecular complexity index is 525. The fourth-order valence-electron chi connectivity index (χ4n) is 2.77. The fraction of sp³-hybridized carbons (Fsp3) is 0.375. The van der Waals surface area contributed by atoms with E-state index in [4.69, 9.17) is 0 Å². The summed E-state index contributed by atoms with van der Waals surface area (Å²) in [5, 5.41) is 5.86. The topological polar surface area (TPSA) is 15.3 Å². The average Bonchev–Trinajstić information content (AvgIpc) is 3.02. The maximum atomic E-state index is 3.72. The van der Waals surface area contributed by atoms with Gasteiger partial charge in [0.05, 0.1) is 0 Å². The lowest BCUT2D eigenvalue weighted by Gasteiger charge is -2.17. The first-order chi connectivity index (χ1) is 9.24. The summed E-state index contributed by atoms with van der Waals surface area (Å²) in [5.74, 6) is 0. The van der Waals surface area contributed by atoms with Gasteiger partial charge in [-0.05, 0) is 37.9 Å². The molecular weight excluding hydrogens is 252 g/mol. The van der Waals surface area contributed by atoms with E-state index in [1.807, 2.05) is 0 Å². The summed E-state index contributed by atoms with van der Waals surface area (Å²) in [5.41, 5.74) is 2.58. The highest BCUT2D eigenvalue weighted by Crippen LogP contribution is 2.32. The van der Waals surface area contributed by atoms with Crippen molar-refractivity contribution in [2.45, 2.75) is 25.4 Å². The normalized spacial score (nSPS) is 23.7. The van der Waals surface area contributed by atoms with Gasteiger partial charge in [-0.25, -0.2) is 0 Å². The Balaban J connectivity index is 1.82. The number of likely N-dealkylation sites (N-methyl/N-ethyl adjacent to an activating group) is 1. The van der Waals surface area contributed by atoms with Crippen LogP contribution in [0.2, 0.25) is 0 Å². The monoisotopic (exact) mass is 272 g/mol. The number of nitrogens with one attached hydrogen (secondary N) is 1. The molecule has 0 aliphatic carbocycles. The van der Waals surface area contributed by atoms with E-state index in [9.17, 15) is 0 Å². The molecule has 1 fully saturated rings.